The zero-order chi connectivity index (χ0) is 12.3. The molecule has 3 nitrogen and oxygen atoms in total. The van der Waals surface area contributed by atoms with Crippen molar-refractivity contribution < 1.29 is 4.74 Å². The minimum atomic E-state index is 0.318. The van der Waals surface area contributed by atoms with E-state index in [9.17, 15) is 0 Å². The Kier molecular flexibility index (Phi) is 4.15. The summed E-state index contributed by atoms with van der Waals surface area (Å²) >= 11 is 0. The third-order valence-corrected chi connectivity index (χ3v) is 3.49. The molecule has 0 amide bonds. The third-order valence-electron chi connectivity index (χ3n) is 3.49. The first-order valence-corrected chi connectivity index (χ1v) is 6.30. The molecule has 0 aromatic heterocycles. The van der Waals surface area contributed by atoms with Gasteiger partial charge in [-0.2, -0.15) is 0 Å². The van der Waals surface area contributed by atoms with Gasteiger partial charge in [-0.05, 0) is 32.3 Å². The van der Waals surface area contributed by atoms with Crippen LogP contribution in [0.3, 0.4) is 0 Å². The number of hydrazine groups is 1. The first kappa shape index (κ1) is 12.6. The number of ether oxygens (including phenoxy) is 1. The van der Waals surface area contributed by atoms with E-state index in [-0.39, 0.29) is 0 Å². The van der Waals surface area contributed by atoms with Crippen LogP contribution in [0.15, 0.2) is 18.2 Å². The summed E-state index contributed by atoms with van der Waals surface area (Å²) in [5, 5.41) is 0. The Labute approximate surface area is 103 Å². The lowest BCUT2D eigenvalue weighted by atomic mass is 9.92. The molecule has 1 heterocycles. The average Bonchev–Trinajstić information content (AvgIpc) is 2.77. The second-order valence-corrected chi connectivity index (χ2v) is 5.10. The van der Waals surface area contributed by atoms with Gasteiger partial charge in [0, 0.05) is 18.6 Å². The zero-order valence-electron chi connectivity index (χ0n) is 10.7. The molecule has 3 heteroatoms. The van der Waals surface area contributed by atoms with Crippen molar-refractivity contribution in [2.75, 3.05) is 13.2 Å². The Balaban J connectivity index is 2.06. The lowest BCUT2D eigenvalue weighted by molar-refractivity contribution is 0.176. The van der Waals surface area contributed by atoms with Gasteiger partial charge in [0.05, 0.1) is 6.61 Å². The summed E-state index contributed by atoms with van der Waals surface area (Å²) in [5.41, 5.74) is 6.95. The van der Waals surface area contributed by atoms with E-state index in [4.69, 9.17) is 10.6 Å². The van der Waals surface area contributed by atoms with Gasteiger partial charge in [-0.25, -0.2) is 0 Å². The van der Waals surface area contributed by atoms with Crippen molar-refractivity contribution in [3.05, 3.63) is 34.9 Å². The maximum atomic E-state index is 5.67. The van der Waals surface area contributed by atoms with Crippen molar-refractivity contribution in [1.29, 1.82) is 0 Å². The van der Waals surface area contributed by atoms with Gasteiger partial charge in [0.15, 0.2) is 0 Å². The van der Waals surface area contributed by atoms with Crippen LogP contribution in [0.5, 0.6) is 0 Å². The molecule has 1 aliphatic heterocycles. The number of nitrogens with two attached hydrogens (primary N) is 1. The van der Waals surface area contributed by atoms with E-state index in [0.29, 0.717) is 12.0 Å². The van der Waals surface area contributed by atoms with Crippen molar-refractivity contribution in [3.63, 3.8) is 0 Å². The van der Waals surface area contributed by atoms with Gasteiger partial charge in [-0.3, -0.25) is 11.3 Å². The summed E-state index contributed by atoms with van der Waals surface area (Å²) in [6.45, 7) is 5.98. The van der Waals surface area contributed by atoms with E-state index in [2.05, 4.69) is 37.5 Å². The molecule has 1 aromatic carbocycles. The predicted molar refractivity (Wildman–Crippen MR) is 69.7 cm³/mol. The molecule has 2 rings (SSSR count). The number of benzene rings is 1. The number of aryl methyl sites for hydroxylation is 2. The largest absolute Gasteiger partial charge is 0.381 e. The van der Waals surface area contributed by atoms with Crippen molar-refractivity contribution in [3.8, 4) is 0 Å². The Morgan fingerprint density at radius 1 is 1.35 bits per heavy atom. The van der Waals surface area contributed by atoms with Gasteiger partial charge in [-0.15, -0.1) is 0 Å². The lowest BCUT2D eigenvalue weighted by Crippen LogP contribution is -2.42. The lowest BCUT2D eigenvalue weighted by Gasteiger charge is -2.21. The molecule has 0 aliphatic carbocycles. The van der Waals surface area contributed by atoms with Gasteiger partial charge in [0.1, 0.15) is 0 Å². The second kappa shape index (κ2) is 5.63. The van der Waals surface area contributed by atoms with Gasteiger partial charge in [0.2, 0.25) is 0 Å². The minimum absolute atomic E-state index is 0.318. The maximum absolute atomic E-state index is 5.67. The molecule has 1 saturated heterocycles. The van der Waals surface area contributed by atoms with Crippen molar-refractivity contribution in [1.82, 2.24) is 5.43 Å². The Bertz CT molecular complexity index is 352. The molecule has 3 N–H and O–H groups in total. The van der Waals surface area contributed by atoms with Crippen LogP contribution in [-0.2, 0) is 11.2 Å². The number of hydrogen-bond donors (Lipinski definition) is 2. The molecule has 0 spiro atoms. The molecule has 17 heavy (non-hydrogen) atoms. The highest BCUT2D eigenvalue weighted by Gasteiger charge is 2.24. The molecule has 94 valence electrons. The number of nitrogens with one attached hydrogen (secondary N) is 1. The molecule has 2 atom stereocenters. The molecule has 0 bridgehead atoms. The summed E-state index contributed by atoms with van der Waals surface area (Å²) in [6.07, 6.45) is 2.09. The van der Waals surface area contributed by atoms with Gasteiger partial charge >= 0.3 is 0 Å². The molecule has 0 radical (unpaired) electrons. The Morgan fingerprint density at radius 2 is 2.06 bits per heavy atom. The number of rotatable bonds is 4. The monoisotopic (exact) mass is 234 g/mol. The predicted octanol–water partition coefficient (Wildman–Crippen LogP) is 1.71. The SMILES string of the molecule is Cc1cc(C)cc(CC(NN)C2CCOC2)c1. The highest BCUT2D eigenvalue weighted by molar-refractivity contribution is 5.29. The fourth-order valence-electron chi connectivity index (χ4n) is 2.67. The van der Waals surface area contributed by atoms with Crippen LogP contribution in [-0.4, -0.2) is 19.3 Å². The average molecular weight is 234 g/mol. The Morgan fingerprint density at radius 3 is 2.59 bits per heavy atom. The number of hydrogen-bond acceptors (Lipinski definition) is 3. The van der Waals surface area contributed by atoms with Crippen molar-refractivity contribution in [2.45, 2.75) is 32.7 Å². The smallest absolute Gasteiger partial charge is 0.0510 e. The molecule has 0 saturated carbocycles. The summed E-state index contributed by atoms with van der Waals surface area (Å²) in [6, 6.07) is 7.01. The highest BCUT2D eigenvalue weighted by atomic mass is 16.5. The van der Waals surface area contributed by atoms with Gasteiger partial charge < -0.3 is 4.74 Å². The van der Waals surface area contributed by atoms with Crippen LogP contribution in [0.2, 0.25) is 0 Å². The second-order valence-electron chi connectivity index (χ2n) is 5.10. The fraction of sp³-hybridized carbons (Fsp3) is 0.571. The molecule has 1 aliphatic rings. The molecule has 2 unspecified atom stereocenters. The Hall–Kier alpha value is -0.900. The van der Waals surface area contributed by atoms with Crippen LogP contribution in [0.4, 0.5) is 0 Å². The van der Waals surface area contributed by atoms with Crippen LogP contribution in [0, 0.1) is 19.8 Å². The molecule has 1 aromatic rings. The third kappa shape index (κ3) is 3.28. The van der Waals surface area contributed by atoms with Crippen molar-refractivity contribution >= 4 is 0 Å². The van der Waals surface area contributed by atoms with Crippen molar-refractivity contribution in [2.24, 2.45) is 11.8 Å². The zero-order valence-corrected chi connectivity index (χ0v) is 10.7. The normalized spacial score (nSPS) is 21.7. The molecular weight excluding hydrogens is 212 g/mol. The highest BCUT2D eigenvalue weighted by Crippen LogP contribution is 2.20. The van der Waals surface area contributed by atoms with Crippen LogP contribution in [0.25, 0.3) is 0 Å². The van der Waals surface area contributed by atoms with Crippen LogP contribution in [0.1, 0.15) is 23.1 Å². The van der Waals surface area contributed by atoms with Gasteiger partial charge in [-0.1, -0.05) is 29.3 Å². The first-order valence-electron chi connectivity index (χ1n) is 6.30. The standard InChI is InChI=1S/C14H22N2O/c1-10-5-11(2)7-12(6-10)8-14(16-15)13-3-4-17-9-13/h5-7,13-14,16H,3-4,8-9,15H2,1-2H3. The van der Waals surface area contributed by atoms with E-state index in [1.165, 1.54) is 16.7 Å². The van der Waals surface area contributed by atoms with E-state index in [1.54, 1.807) is 0 Å². The summed E-state index contributed by atoms with van der Waals surface area (Å²) in [7, 11) is 0. The van der Waals surface area contributed by atoms with Crippen LogP contribution < -0.4 is 11.3 Å². The quantitative estimate of drug-likeness (QED) is 0.616. The van der Waals surface area contributed by atoms with E-state index in [1.807, 2.05) is 0 Å². The fourth-order valence-corrected chi connectivity index (χ4v) is 2.67. The topological polar surface area (TPSA) is 47.3 Å². The molecular formula is C14H22N2O. The minimum Gasteiger partial charge on any atom is -0.381 e. The first-order chi connectivity index (χ1) is 8.19. The van der Waals surface area contributed by atoms with E-state index >= 15 is 0 Å². The maximum Gasteiger partial charge on any atom is 0.0510 e. The van der Waals surface area contributed by atoms with E-state index < -0.39 is 0 Å². The summed E-state index contributed by atoms with van der Waals surface area (Å²) < 4.78 is 5.43. The van der Waals surface area contributed by atoms with E-state index in [0.717, 1.165) is 26.1 Å². The van der Waals surface area contributed by atoms with Gasteiger partial charge in [0.25, 0.3) is 0 Å². The molecule has 1 fully saturated rings. The van der Waals surface area contributed by atoms with Crippen LogP contribution >= 0.6 is 0 Å². The summed E-state index contributed by atoms with van der Waals surface area (Å²) in [5.74, 6) is 6.21. The summed E-state index contributed by atoms with van der Waals surface area (Å²) in [4.78, 5) is 0.